The number of carbonyl (C=O) groups is 2. The van der Waals surface area contributed by atoms with Crippen molar-refractivity contribution in [2.24, 2.45) is 0 Å². The Morgan fingerprint density at radius 1 is 1.56 bits per heavy atom. The molecule has 0 aromatic heterocycles. The monoisotopic (exact) mass is 228 g/mol. The SMILES string of the molecule is C=CCNC(=O)C(C)N(C)CCCC(=O)O. The highest BCUT2D eigenvalue weighted by Crippen LogP contribution is 1.99. The van der Waals surface area contributed by atoms with Crippen molar-refractivity contribution in [2.45, 2.75) is 25.8 Å². The number of amides is 1. The van der Waals surface area contributed by atoms with Gasteiger partial charge in [0.1, 0.15) is 0 Å². The first-order chi connectivity index (χ1) is 7.49. The lowest BCUT2D eigenvalue weighted by Crippen LogP contribution is -2.43. The molecule has 1 atom stereocenters. The van der Waals surface area contributed by atoms with E-state index in [2.05, 4.69) is 11.9 Å². The maximum absolute atomic E-state index is 11.5. The summed E-state index contributed by atoms with van der Waals surface area (Å²) in [4.78, 5) is 23.7. The van der Waals surface area contributed by atoms with E-state index in [0.29, 0.717) is 19.5 Å². The highest BCUT2D eigenvalue weighted by molar-refractivity contribution is 5.81. The number of carbonyl (C=O) groups excluding carboxylic acids is 1. The van der Waals surface area contributed by atoms with Crippen LogP contribution in [0.3, 0.4) is 0 Å². The third-order valence-electron chi connectivity index (χ3n) is 2.36. The Hall–Kier alpha value is -1.36. The van der Waals surface area contributed by atoms with Crippen molar-refractivity contribution in [3.05, 3.63) is 12.7 Å². The van der Waals surface area contributed by atoms with Gasteiger partial charge in [-0.3, -0.25) is 14.5 Å². The molecule has 1 amide bonds. The first kappa shape index (κ1) is 14.6. The molecule has 92 valence electrons. The van der Waals surface area contributed by atoms with Gasteiger partial charge in [0.05, 0.1) is 6.04 Å². The van der Waals surface area contributed by atoms with Crippen LogP contribution in [0, 0.1) is 0 Å². The van der Waals surface area contributed by atoms with Gasteiger partial charge in [0.2, 0.25) is 5.91 Å². The second-order valence-electron chi connectivity index (χ2n) is 3.69. The first-order valence-corrected chi connectivity index (χ1v) is 5.29. The van der Waals surface area contributed by atoms with Crippen LogP contribution in [0.15, 0.2) is 12.7 Å². The van der Waals surface area contributed by atoms with Crippen LogP contribution in [-0.2, 0) is 9.59 Å². The Morgan fingerprint density at radius 2 is 2.19 bits per heavy atom. The van der Waals surface area contributed by atoms with Gasteiger partial charge in [-0.05, 0) is 26.9 Å². The predicted molar refractivity (Wildman–Crippen MR) is 62.2 cm³/mol. The molecule has 0 radical (unpaired) electrons. The molecular weight excluding hydrogens is 208 g/mol. The number of hydrogen-bond donors (Lipinski definition) is 2. The van der Waals surface area contributed by atoms with Crippen molar-refractivity contribution in [3.63, 3.8) is 0 Å². The van der Waals surface area contributed by atoms with Gasteiger partial charge < -0.3 is 10.4 Å². The number of aliphatic carboxylic acids is 1. The van der Waals surface area contributed by atoms with Gasteiger partial charge in [-0.2, -0.15) is 0 Å². The maximum Gasteiger partial charge on any atom is 0.303 e. The minimum absolute atomic E-state index is 0.0716. The molecule has 0 saturated carbocycles. The average Bonchev–Trinajstić information content (AvgIpc) is 2.24. The fourth-order valence-corrected chi connectivity index (χ4v) is 1.19. The van der Waals surface area contributed by atoms with Crippen molar-refractivity contribution in [2.75, 3.05) is 20.1 Å². The average molecular weight is 228 g/mol. The van der Waals surface area contributed by atoms with E-state index >= 15 is 0 Å². The van der Waals surface area contributed by atoms with Gasteiger partial charge in [-0.15, -0.1) is 6.58 Å². The summed E-state index contributed by atoms with van der Waals surface area (Å²) in [5.41, 5.74) is 0. The third-order valence-corrected chi connectivity index (χ3v) is 2.36. The molecule has 0 spiro atoms. The molecule has 0 aromatic rings. The first-order valence-electron chi connectivity index (χ1n) is 5.29. The highest BCUT2D eigenvalue weighted by Gasteiger charge is 2.16. The molecule has 0 aliphatic rings. The van der Waals surface area contributed by atoms with Gasteiger partial charge in [0.15, 0.2) is 0 Å². The summed E-state index contributed by atoms with van der Waals surface area (Å²) in [6.45, 7) is 6.35. The molecule has 0 aliphatic heterocycles. The smallest absolute Gasteiger partial charge is 0.303 e. The Morgan fingerprint density at radius 3 is 2.69 bits per heavy atom. The van der Waals surface area contributed by atoms with E-state index in [4.69, 9.17) is 5.11 Å². The quantitative estimate of drug-likeness (QED) is 0.593. The van der Waals surface area contributed by atoms with Gasteiger partial charge in [-0.1, -0.05) is 6.08 Å². The minimum Gasteiger partial charge on any atom is -0.481 e. The van der Waals surface area contributed by atoms with Crippen molar-refractivity contribution in [3.8, 4) is 0 Å². The second-order valence-corrected chi connectivity index (χ2v) is 3.69. The predicted octanol–water partition coefficient (Wildman–Crippen LogP) is 0.474. The Balaban J connectivity index is 3.87. The Labute approximate surface area is 96.1 Å². The van der Waals surface area contributed by atoms with E-state index in [1.54, 1.807) is 20.0 Å². The van der Waals surface area contributed by atoms with Crippen LogP contribution in [0.5, 0.6) is 0 Å². The second kappa shape index (κ2) is 7.87. The standard InChI is InChI=1S/C11H20N2O3/c1-4-7-12-11(16)9(2)13(3)8-5-6-10(14)15/h4,9H,1,5-8H2,2-3H3,(H,12,16)(H,14,15). The van der Waals surface area contributed by atoms with Crippen LogP contribution < -0.4 is 5.32 Å². The number of nitrogens with zero attached hydrogens (tertiary/aromatic N) is 1. The zero-order chi connectivity index (χ0) is 12.6. The number of hydrogen-bond acceptors (Lipinski definition) is 3. The molecule has 1 unspecified atom stereocenters. The molecule has 16 heavy (non-hydrogen) atoms. The van der Waals surface area contributed by atoms with Crippen LogP contribution in [0.1, 0.15) is 19.8 Å². The number of nitrogens with one attached hydrogen (secondary N) is 1. The van der Waals surface area contributed by atoms with Gasteiger partial charge >= 0.3 is 5.97 Å². The zero-order valence-electron chi connectivity index (χ0n) is 9.90. The van der Waals surface area contributed by atoms with Crippen LogP contribution >= 0.6 is 0 Å². The third kappa shape index (κ3) is 6.19. The Kier molecular flexibility index (Phi) is 7.20. The van der Waals surface area contributed by atoms with Gasteiger partial charge in [-0.25, -0.2) is 0 Å². The highest BCUT2D eigenvalue weighted by atomic mass is 16.4. The molecule has 5 nitrogen and oxygen atoms in total. The fourth-order valence-electron chi connectivity index (χ4n) is 1.19. The van der Waals surface area contributed by atoms with Crippen LogP contribution in [-0.4, -0.2) is 48.1 Å². The summed E-state index contributed by atoms with van der Waals surface area (Å²) in [5, 5.41) is 11.2. The van der Waals surface area contributed by atoms with Crippen LogP contribution in [0.2, 0.25) is 0 Å². The zero-order valence-corrected chi connectivity index (χ0v) is 9.90. The van der Waals surface area contributed by atoms with E-state index in [-0.39, 0.29) is 18.4 Å². The van der Waals surface area contributed by atoms with E-state index in [9.17, 15) is 9.59 Å². The molecular formula is C11H20N2O3. The van der Waals surface area contributed by atoms with E-state index in [0.717, 1.165) is 0 Å². The molecule has 0 saturated heterocycles. The van der Waals surface area contributed by atoms with Crippen LogP contribution in [0.25, 0.3) is 0 Å². The number of likely N-dealkylation sites (N-methyl/N-ethyl adjacent to an activating group) is 1. The number of carboxylic acids is 1. The summed E-state index contributed by atoms with van der Waals surface area (Å²) in [5.74, 6) is -0.880. The molecule has 5 heteroatoms. The lowest BCUT2D eigenvalue weighted by molar-refractivity contribution is -0.137. The largest absolute Gasteiger partial charge is 0.481 e. The van der Waals surface area contributed by atoms with Gasteiger partial charge in [0, 0.05) is 13.0 Å². The van der Waals surface area contributed by atoms with Crippen LogP contribution in [0.4, 0.5) is 0 Å². The van der Waals surface area contributed by atoms with E-state index in [1.165, 1.54) is 0 Å². The lowest BCUT2D eigenvalue weighted by Gasteiger charge is -2.23. The topological polar surface area (TPSA) is 69.6 Å². The fraction of sp³-hybridized carbons (Fsp3) is 0.636. The molecule has 0 fully saturated rings. The van der Waals surface area contributed by atoms with E-state index in [1.807, 2.05) is 4.90 Å². The lowest BCUT2D eigenvalue weighted by atomic mass is 10.2. The van der Waals surface area contributed by atoms with Crippen molar-refractivity contribution < 1.29 is 14.7 Å². The number of rotatable bonds is 8. The normalized spacial score (nSPS) is 12.2. The van der Waals surface area contributed by atoms with Crippen molar-refractivity contribution in [1.29, 1.82) is 0 Å². The summed E-state index contributed by atoms with van der Waals surface area (Å²) >= 11 is 0. The maximum atomic E-state index is 11.5. The van der Waals surface area contributed by atoms with Crippen molar-refractivity contribution >= 4 is 11.9 Å². The van der Waals surface area contributed by atoms with Gasteiger partial charge in [0.25, 0.3) is 0 Å². The minimum atomic E-state index is -0.808. The molecule has 0 heterocycles. The summed E-state index contributed by atoms with van der Waals surface area (Å²) in [7, 11) is 1.81. The number of carboxylic acid groups (broad SMARTS) is 1. The summed E-state index contributed by atoms with van der Waals surface area (Å²) < 4.78 is 0. The molecule has 0 aliphatic carbocycles. The summed E-state index contributed by atoms with van der Waals surface area (Å²) in [6, 6.07) is -0.256. The molecule has 0 aromatic carbocycles. The molecule has 2 N–H and O–H groups in total. The summed E-state index contributed by atoms with van der Waals surface area (Å²) in [6.07, 6.45) is 2.30. The van der Waals surface area contributed by atoms with Crippen molar-refractivity contribution in [1.82, 2.24) is 10.2 Å². The Bertz CT molecular complexity index is 254. The molecule has 0 rings (SSSR count). The van der Waals surface area contributed by atoms with E-state index < -0.39 is 5.97 Å². The molecule has 0 bridgehead atoms.